The maximum Gasteiger partial charge on any atom is 0.312 e. The summed E-state index contributed by atoms with van der Waals surface area (Å²) in [5.41, 5.74) is 1.72. The van der Waals surface area contributed by atoms with E-state index in [1.54, 1.807) is 42.5 Å². The predicted molar refractivity (Wildman–Crippen MR) is 93.1 cm³/mol. The van der Waals surface area contributed by atoms with E-state index in [-0.39, 0.29) is 6.42 Å². The van der Waals surface area contributed by atoms with E-state index in [0.29, 0.717) is 22.5 Å². The number of fused-ring (bicyclic) bond motifs is 1. The molecule has 0 fully saturated rings. The van der Waals surface area contributed by atoms with Gasteiger partial charge in [0.05, 0.1) is 17.7 Å². The first kappa shape index (κ1) is 17.2. The number of amides is 1. The van der Waals surface area contributed by atoms with Gasteiger partial charge in [0.25, 0.3) is 5.91 Å². The molecular formula is C19H15N3O4. The third-order valence-corrected chi connectivity index (χ3v) is 3.75. The Balaban J connectivity index is 1.62. The van der Waals surface area contributed by atoms with Crippen molar-refractivity contribution < 1.29 is 18.8 Å². The highest BCUT2D eigenvalue weighted by Gasteiger charge is 2.20. The predicted octanol–water partition coefficient (Wildman–Crippen LogP) is 2.81. The number of para-hydroxylation sites is 2. The van der Waals surface area contributed by atoms with Gasteiger partial charge in [-0.15, -0.1) is 0 Å². The van der Waals surface area contributed by atoms with Crippen molar-refractivity contribution in [1.29, 1.82) is 5.26 Å². The molecule has 0 radical (unpaired) electrons. The average molecular weight is 349 g/mol. The van der Waals surface area contributed by atoms with Crippen LogP contribution in [0.25, 0.3) is 11.0 Å². The highest BCUT2D eigenvalue weighted by Crippen LogP contribution is 2.19. The van der Waals surface area contributed by atoms with Crippen LogP contribution in [0.5, 0.6) is 0 Å². The molecule has 0 saturated heterocycles. The van der Waals surface area contributed by atoms with Crippen LogP contribution < -0.4 is 5.32 Å². The number of anilines is 1. The van der Waals surface area contributed by atoms with Gasteiger partial charge in [0.15, 0.2) is 11.7 Å². The van der Waals surface area contributed by atoms with Crippen LogP contribution in [0.1, 0.15) is 18.2 Å². The summed E-state index contributed by atoms with van der Waals surface area (Å²) in [6.07, 6.45) is -1.13. The van der Waals surface area contributed by atoms with Crippen molar-refractivity contribution in [2.24, 2.45) is 0 Å². The zero-order valence-electron chi connectivity index (χ0n) is 13.9. The topological polar surface area (TPSA) is 105 Å². The molecule has 1 amide bonds. The second-order valence-electron chi connectivity index (χ2n) is 5.58. The molecule has 0 aliphatic heterocycles. The molecule has 0 aliphatic rings. The molecule has 0 spiro atoms. The zero-order chi connectivity index (χ0) is 18.5. The van der Waals surface area contributed by atoms with E-state index < -0.39 is 18.0 Å². The molecule has 0 saturated carbocycles. The van der Waals surface area contributed by atoms with Crippen LogP contribution in [0.15, 0.2) is 53.1 Å². The standard InChI is InChI=1S/C19H15N3O4/c1-12(19(24)21-15-8-4-2-6-13(15)11-20)25-18(23)10-16-14-7-3-5-9-17(14)26-22-16/h2-9,12H,10H2,1H3,(H,21,24)/t12-/m1/s1. The summed E-state index contributed by atoms with van der Waals surface area (Å²) in [6, 6.07) is 15.7. The molecule has 7 nitrogen and oxygen atoms in total. The van der Waals surface area contributed by atoms with Crippen molar-refractivity contribution >= 4 is 28.5 Å². The van der Waals surface area contributed by atoms with E-state index in [1.165, 1.54) is 6.92 Å². The number of rotatable bonds is 5. The molecule has 7 heteroatoms. The van der Waals surface area contributed by atoms with Gasteiger partial charge in [-0.05, 0) is 31.2 Å². The van der Waals surface area contributed by atoms with Crippen molar-refractivity contribution in [1.82, 2.24) is 5.16 Å². The van der Waals surface area contributed by atoms with Crippen LogP contribution in [0, 0.1) is 11.3 Å². The Morgan fingerprint density at radius 3 is 2.77 bits per heavy atom. The third-order valence-electron chi connectivity index (χ3n) is 3.75. The molecule has 1 atom stereocenters. The Bertz CT molecular complexity index is 1000. The number of esters is 1. The van der Waals surface area contributed by atoms with E-state index in [2.05, 4.69) is 10.5 Å². The average Bonchev–Trinajstić information content (AvgIpc) is 3.05. The number of carbonyl (C=O) groups is 2. The fraction of sp³-hybridized carbons (Fsp3) is 0.158. The van der Waals surface area contributed by atoms with Gasteiger partial charge in [-0.25, -0.2) is 0 Å². The van der Waals surface area contributed by atoms with Crippen molar-refractivity contribution in [3.05, 3.63) is 59.8 Å². The molecule has 0 unspecified atom stereocenters. The second-order valence-corrected chi connectivity index (χ2v) is 5.58. The Labute approximate surface area is 149 Å². The summed E-state index contributed by atoms with van der Waals surface area (Å²) >= 11 is 0. The van der Waals surface area contributed by atoms with E-state index in [0.717, 1.165) is 5.39 Å². The molecule has 26 heavy (non-hydrogen) atoms. The van der Waals surface area contributed by atoms with Gasteiger partial charge in [-0.2, -0.15) is 5.26 Å². The summed E-state index contributed by atoms with van der Waals surface area (Å²) < 4.78 is 10.3. The lowest BCUT2D eigenvalue weighted by atomic mass is 10.2. The Kier molecular flexibility index (Phi) is 4.94. The molecule has 3 rings (SSSR count). The van der Waals surface area contributed by atoms with Gasteiger partial charge in [0.2, 0.25) is 0 Å². The third kappa shape index (κ3) is 3.70. The van der Waals surface area contributed by atoms with Gasteiger partial charge >= 0.3 is 5.97 Å². The van der Waals surface area contributed by atoms with E-state index in [9.17, 15) is 9.59 Å². The normalized spacial score (nSPS) is 11.5. The first-order valence-corrected chi connectivity index (χ1v) is 7.91. The van der Waals surface area contributed by atoms with Crippen LogP contribution in [-0.2, 0) is 20.7 Å². The fourth-order valence-electron chi connectivity index (χ4n) is 2.42. The summed E-state index contributed by atoms with van der Waals surface area (Å²) in [5.74, 6) is -1.12. The minimum atomic E-state index is -1.02. The summed E-state index contributed by atoms with van der Waals surface area (Å²) in [5, 5.41) is 16.2. The Hall–Kier alpha value is -3.66. The minimum Gasteiger partial charge on any atom is -0.452 e. The second kappa shape index (κ2) is 7.49. The number of aromatic nitrogens is 1. The highest BCUT2D eigenvalue weighted by molar-refractivity contribution is 5.96. The molecule has 1 N–H and O–H groups in total. The number of nitriles is 1. The number of hydrogen-bond donors (Lipinski definition) is 1. The van der Waals surface area contributed by atoms with Crippen LogP contribution >= 0.6 is 0 Å². The van der Waals surface area contributed by atoms with Gasteiger partial charge in [-0.3, -0.25) is 9.59 Å². The summed E-state index contributed by atoms with van der Waals surface area (Å²) in [4.78, 5) is 24.3. The van der Waals surface area contributed by atoms with Gasteiger partial charge in [0, 0.05) is 5.39 Å². The minimum absolute atomic E-state index is 0.108. The van der Waals surface area contributed by atoms with E-state index >= 15 is 0 Å². The smallest absolute Gasteiger partial charge is 0.312 e. The van der Waals surface area contributed by atoms with E-state index in [4.69, 9.17) is 14.5 Å². The summed E-state index contributed by atoms with van der Waals surface area (Å²) in [7, 11) is 0. The Morgan fingerprint density at radius 1 is 1.23 bits per heavy atom. The lowest BCUT2D eigenvalue weighted by Gasteiger charge is -2.13. The number of ether oxygens (including phenoxy) is 1. The lowest BCUT2D eigenvalue weighted by Crippen LogP contribution is -2.30. The van der Waals surface area contributed by atoms with E-state index in [1.807, 2.05) is 12.1 Å². The molecule has 3 aromatic rings. The number of nitrogens with one attached hydrogen (secondary N) is 1. The lowest BCUT2D eigenvalue weighted by molar-refractivity contribution is -0.152. The SMILES string of the molecule is C[C@@H](OC(=O)Cc1noc2ccccc12)C(=O)Nc1ccccc1C#N. The molecule has 0 aliphatic carbocycles. The molecule has 2 aromatic carbocycles. The van der Waals surface area contributed by atoms with Crippen molar-refractivity contribution in [3.63, 3.8) is 0 Å². The van der Waals surface area contributed by atoms with Crippen LogP contribution in [0.4, 0.5) is 5.69 Å². The first-order valence-electron chi connectivity index (χ1n) is 7.91. The number of nitrogens with zero attached hydrogens (tertiary/aromatic N) is 2. The van der Waals surface area contributed by atoms with Crippen LogP contribution in [-0.4, -0.2) is 23.1 Å². The summed E-state index contributed by atoms with van der Waals surface area (Å²) in [6.45, 7) is 1.46. The maximum atomic E-state index is 12.2. The molecular weight excluding hydrogens is 334 g/mol. The number of carbonyl (C=O) groups excluding carboxylic acids is 2. The van der Waals surface area contributed by atoms with Crippen molar-refractivity contribution in [2.75, 3.05) is 5.32 Å². The molecule has 1 aromatic heterocycles. The first-order chi connectivity index (χ1) is 12.6. The molecule has 1 heterocycles. The number of hydrogen-bond acceptors (Lipinski definition) is 6. The van der Waals surface area contributed by atoms with Crippen LogP contribution in [0.3, 0.4) is 0 Å². The monoisotopic (exact) mass is 349 g/mol. The van der Waals surface area contributed by atoms with Gasteiger partial charge in [0.1, 0.15) is 11.8 Å². The quantitative estimate of drug-likeness (QED) is 0.710. The zero-order valence-corrected chi connectivity index (χ0v) is 13.9. The fourth-order valence-corrected chi connectivity index (χ4v) is 2.42. The van der Waals surface area contributed by atoms with Gasteiger partial charge in [-0.1, -0.05) is 29.4 Å². The maximum absolute atomic E-state index is 12.2. The largest absolute Gasteiger partial charge is 0.452 e. The molecule has 130 valence electrons. The molecule has 0 bridgehead atoms. The van der Waals surface area contributed by atoms with Crippen molar-refractivity contribution in [2.45, 2.75) is 19.4 Å². The Morgan fingerprint density at radius 2 is 1.96 bits per heavy atom. The number of benzene rings is 2. The van der Waals surface area contributed by atoms with Gasteiger partial charge < -0.3 is 14.6 Å². The highest BCUT2D eigenvalue weighted by atomic mass is 16.5. The van der Waals surface area contributed by atoms with Crippen molar-refractivity contribution in [3.8, 4) is 6.07 Å². The van der Waals surface area contributed by atoms with Crippen LogP contribution in [0.2, 0.25) is 0 Å².